The second-order valence-electron chi connectivity index (χ2n) is 4.50. The summed E-state index contributed by atoms with van der Waals surface area (Å²) in [4.78, 5) is 0.278. The van der Waals surface area contributed by atoms with E-state index in [1.165, 1.54) is 0 Å². The van der Waals surface area contributed by atoms with E-state index in [9.17, 15) is 8.42 Å². The van der Waals surface area contributed by atoms with Crippen molar-refractivity contribution in [1.29, 1.82) is 0 Å². The zero-order chi connectivity index (χ0) is 14.0. The van der Waals surface area contributed by atoms with E-state index in [2.05, 4.69) is 4.72 Å². The molecular formula is C14H16N2O2S. The first-order chi connectivity index (χ1) is 8.88. The van der Waals surface area contributed by atoms with Gasteiger partial charge >= 0.3 is 0 Å². The van der Waals surface area contributed by atoms with Crippen LogP contribution in [0.1, 0.15) is 11.1 Å². The number of rotatable bonds is 3. The molecule has 3 N–H and O–H groups in total. The zero-order valence-electron chi connectivity index (χ0n) is 10.8. The van der Waals surface area contributed by atoms with Gasteiger partial charge < -0.3 is 5.73 Å². The molecule has 0 unspecified atom stereocenters. The molecule has 2 aromatic carbocycles. The maximum atomic E-state index is 12.3. The van der Waals surface area contributed by atoms with Crippen molar-refractivity contribution >= 4 is 21.4 Å². The predicted molar refractivity (Wildman–Crippen MR) is 77.6 cm³/mol. The van der Waals surface area contributed by atoms with Gasteiger partial charge in [-0.05, 0) is 43.7 Å². The van der Waals surface area contributed by atoms with Crippen molar-refractivity contribution < 1.29 is 8.42 Å². The average Bonchev–Trinajstić information content (AvgIpc) is 2.27. The molecule has 19 heavy (non-hydrogen) atoms. The van der Waals surface area contributed by atoms with Crippen molar-refractivity contribution in [2.75, 3.05) is 10.5 Å². The summed E-state index contributed by atoms with van der Waals surface area (Å²) in [5, 5.41) is 0. The van der Waals surface area contributed by atoms with Crippen molar-refractivity contribution in [1.82, 2.24) is 0 Å². The first-order valence-corrected chi connectivity index (χ1v) is 7.32. The third kappa shape index (κ3) is 3.06. The Kier molecular flexibility index (Phi) is 3.48. The highest BCUT2D eigenvalue weighted by Gasteiger charge is 2.16. The van der Waals surface area contributed by atoms with E-state index >= 15 is 0 Å². The number of aryl methyl sites for hydroxylation is 2. The molecule has 0 heterocycles. The average molecular weight is 276 g/mol. The van der Waals surface area contributed by atoms with Gasteiger partial charge in [0, 0.05) is 5.69 Å². The number of nitrogen functional groups attached to an aromatic ring is 1. The van der Waals surface area contributed by atoms with E-state index in [4.69, 9.17) is 5.73 Å². The molecular weight excluding hydrogens is 260 g/mol. The Balaban J connectivity index is 2.38. The van der Waals surface area contributed by atoms with Gasteiger partial charge in [0.25, 0.3) is 10.0 Å². The molecule has 0 bridgehead atoms. The fraction of sp³-hybridized carbons (Fsp3) is 0.143. The highest BCUT2D eigenvalue weighted by Crippen LogP contribution is 2.21. The topological polar surface area (TPSA) is 72.2 Å². The standard InChI is InChI=1S/C14H16N2O2S/c1-10-6-7-14(11(2)8-10)19(17,18)16-13-5-3-4-12(15)9-13/h3-9,16H,15H2,1-2H3. The Morgan fingerprint density at radius 1 is 1.05 bits per heavy atom. The molecule has 0 aliphatic heterocycles. The second kappa shape index (κ2) is 4.93. The Morgan fingerprint density at radius 2 is 1.79 bits per heavy atom. The molecule has 0 aromatic heterocycles. The molecule has 0 amide bonds. The van der Waals surface area contributed by atoms with Gasteiger partial charge in [-0.15, -0.1) is 0 Å². The fourth-order valence-corrected chi connectivity index (χ4v) is 3.19. The van der Waals surface area contributed by atoms with Crippen LogP contribution in [0.3, 0.4) is 0 Å². The summed E-state index contributed by atoms with van der Waals surface area (Å²) < 4.78 is 27.1. The number of anilines is 2. The lowest BCUT2D eigenvalue weighted by atomic mass is 10.2. The van der Waals surface area contributed by atoms with Crippen molar-refractivity contribution in [2.45, 2.75) is 18.7 Å². The van der Waals surface area contributed by atoms with Crippen LogP contribution in [0.15, 0.2) is 47.4 Å². The van der Waals surface area contributed by atoms with Crippen LogP contribution < -0.4 is 10.5 Å². The van der Waals surface area contributed by atoms with Crippen LogP contribution >= 0.6 is 0 Å². The largest absolute Gasteiger partial charge is 0.399 e. The van der Waals surface area contributed by atoms with Gasteiger partial charge in [-0.3, -0.25) is 4.72 Å². The van der Waals surface area contributed by atoms with Gasteiger partial charge in [0.15, 0.2) is 0 Å². The molecule has 0 aliphatic carbocycles. The van der Waals surface area contributed by atoms with Crippen molar-refractivity contribution in [3.05, 3.63) is 53.6 Å². The highest BCUT2D eigenvalue weighted by molar-refractivity contribution is 7.92. The minimum Gasteiger partial charge on any atom is -0.399 e. The Hall–Kier alpha value is -2.01. The lowest BCUT2D eigenvalue weighted by Crippen LogP contribution is -2.14. The first-order valence-electron chi connectivity index (χ1n) is 5.84. The monoisotopic (exact) mass is 276 g/mol. The van der Waals surface area contributed by atoms with E-state index in [0.717, 1.165) is 11.1 Å². The summed E-state index contributed by atoms with van der Waals surface area (Å²) in [6, 6.07) is 11.9. The lowest BCUT2D eigenvalue weighted by Gasteiger charge is -2.11. The van der Waals surface area contributed by atoms with Gasteiger partial charge in [0.1, 0.15) is 0 Å². The van der Waals surface area contributed by atoms with Crippen LogP contribution in [-0.4, -0.2) is 8.42 Å². The van der Waals surface area contributed by atoms with Gasteiger partial charge in [-0.2, -0.15) is 0 Å². The highest BCUT2D eigenvalue weighted by atomic mass is 32.2. The number of hydrogen-bond acceptors (Lipinski definition) is 3. The van der Waals surface area contributed by atoms with Crippen molar-refractivity contribution in [3.63, 3.8) is 0 Å². The molecule has 0 saturated heterocycles. The predicted octanol–water partition coefficient (Wildman–Crippen LogP) is 2.69. The summed E-state index contributed by atoms with van der Waals surface area (Å²) in [5.41, 5.74) is 8.35. The summed E-state index contributed by atoms with van der Waals surface area (Å²) in [6.07, 6.45) is 0. The van der Waals surface area contributed by atoms with Crippen molar-refractivity contribution in [3.8, 4) is 0 Å². The van der Waals surface area contributed by atoms with Gasteiger partial charge in [-0.1, -0.05) is 23.8 Å². The van der Waals surface area contributed by atoms with E-state index in [0.29, 0.717) is 11.4 Å². The summed E-state index contributed by atoms with van der Waals surface area (Å²) in [7, 11) is -3.58. The Bertz CT molecular complexity index is 709. The number of sulfonamides is 1. The molecule has 2 aromatic rings. The fourth-order valence-electron chi connectivity index (χ4n) is 1.91. The Morgan fingerprint density at radius 3 is 2.42 bits per heavy atom. The summed E-state index contributed by atoms with van der Waals surface area (Å²) >= 11 is 0. The van der Waals surface area contributed by atoms with E-state index < -0.39 is 10.0 Å². The smallest absolute Gasteiger partial charge is 0.262 e. The Labute approximate surface area is 113 Å². The number of nitrogens with two attached hydrogens (primary N) is 1. The molecule has 100 valence electrons. The van der Waals surface area contributed by atoms with E-state index in [-0.39, 0.29) is 4.90 Å². The molecule has 0 radical (unpaired) electrons. The third-order valence-corrected chi connectivity index (χ3v) is 4.30. The minimum atomic E-state index is -3.58. The number of benzene rings is 2. The SMILES string of the molecule is Cc1ccc(S(=O)(=O)Nc2cccc(N)c2)c(C)c1. The van der Waals surface area contributed by atoms with Gasteiger partial charge in [0.2, 0.25) is 0 Å². The molecule has 0 atom stereocenters. The molecule has 0 spiro atoms. The molecule has 0 fully saturated rings. The van der Waals surface area contributed by atoms with Crippen LogP contribution in [0.25, 0.3) is 0 Å². The summed E-state index contributed by atoms with van der Waals surface area (Å²) in [6.45, 7) is 3.70. The van der Waals surface area contributed by atoms with Gasteiger partial charge in [-0.25, -0.2) is 8.42 Å². The number of nitrogens with one attached hydrogen (secondary N) is 1. The number of hydrogen-bond donors (Lipinski definition) is 2. The second-order valence-corrected chi connectivity index (χ2v) is 6.15. The molecule has 0 aliphatic rings. The van der Waals surface area contributed by atoms with E-state index in [1.807, 2.05) is 13.0 Å². The minimum absolute atomic E-state index is 0.278. The third-order valence-electron chi connectivity index (χ3n) is 2.76. The van der Waals surface area contributed by atoms with Crippen LogP contribution in [-0.2, 0) is 10.0 Å². The van der Waals surface area contributed by atoms with Crippen LogP contribution in [0, 0.1) is 13.8 Å². The maximum absolute atomic E-state index is 12.3. The normalized spacial score (nSPS) is 11.3. The van der Waals surface area contributed by atoms with Crippen LogP contribution in [0.2, 0.25) is 0 Å². The maximum Gasteiger partial charge on any atom is 0.262 e. The van der Waals surface area contributed by atoms with E-state index in [1.54, 1.807) is 43.3 Å². The first kappa shape index (κ1) is 13.4. The van der Waals surface area contributed by atoms with Crippen LogP contribution in [0.5, 0.6) is 0 Å². The molecule has 4 nitrogen and oxygen atoms in total. The molecule has 5 heteroatoms. The molecule has 0 saturated carbocycles. The van der Waals surface area contributed by atoms with Crippen LogP contribution in [0.4, 0.5) is 11.4 Å². The lowest BCUT2D eigenvalue weighted by molar-refractivity contribution is 0.600. The quantitative estimate of drug-likeness (QED) is 0.847. The molecule has 2 rings (SSSR count). The van der Waals surface area contributed by atoms with Gasteiger partial charge in [0.05, 0.1) is 10.6 Å². The van der Waals surface area contributed by atoms with Crippen molar-refractivity contribution in [2.24, 2.45) is 0 Å². The summed E-state index contributed by atoms with van der Waals surface area (Å²) in [5.74, 6) is 0. The zero-order valence-corrected chi connectivity index (χ0v) is 11.7.